The molecule has 6 heteroatoms. The molecule has 1 unspecified atom stereocenters. The molecule has 1 fully saturated rings. The van der Waals surface area contributed by atoms with Crippen LogP contribution in [0.25, 0.3) is 0 Å². The number of hydrogen-bond donors (Lipinski definition) is 2. The van der Waals surface area contributed by atoms with Gasteiger partial charge in [-0.3, -0.25) is 14.5 Å². The Morgan fingerprint density at radius 1 is 1.22 bits per heavy atom. The summed E-state index contributed by atoms with van der Waals surface area (Å²) in [4.78, 5) is 38.7. The highest BCUT2D eigenvalue weighted by atomic mass is 16.2. The van der Waals surface area contributed by atoms with Crippen molar-refractivity contribution in [2.75, 3.05) is 13.1 Å². The van der Waals surface area contributed by atoms with Crippen molar-refractivity contribution in [3.63, 3.8) is 0 Å². The smallest absolute Gasteiger partial charge is 0.325 e. The number of carbonyl (C=O) groups is 3. The Labute approximate surface area is 160 Å². The number of imide groups is 1. The van der Waals surface area contributed by atoms with Crippen molar-refractivity contribution in [2.45, 2.75) is 51.0 Å². The number of allylic oxidation sites excluding steroid dienone is 1. The fourth-order valence-corrected chi connectivity index (χ4v) is 3.83. The monoisotopic (exact) mass is 369 g/mol. The van der Waals surface area contributed by atoms with Crippen LogP contribution in [0.1, 0.15) is 51.0 Å². The first kappa shape index (κ1) is 19.1. The Kier molecular flexibility index (Phi) is 5.94. The van der Waals surface area contributed by atoms with Crippen LogP contribution in [0, 0.1) is 0 Å². The summed E-state index contributed by atoms with van der Waals surface area (Å²) < 4.78 is 0. The van der Waals surface area contributed by atoms with Gasteiger partial charge in [-0.2, -0.15) is 0 Å². The molecule has 1 aliphatic heterocycles. The summed E-state index contributed by atoms with van der Waals surface area (Å²) in [6.07, 6.45) is 8.16. The number of rotatable bonds is 7. The van der Waals surface area contributed by atoms with Crippen LogP contribution < -0.4 is 10.6 Å². The third-order valence-corrected chi connectivity index (χ3v) is 5.43. The summed E-state index contributed by atoms with van der Waals surface area (Å²) in [5, 5.41) is 5.62. The third-order valence-electron chi connectivity index (χ3n) is 5.43. The number of urea groups is 1. The Bertz CT molecular complexity index is 744. The molecule has 6 nitrogen and oxygen atoms in total. The average Bonchev–Trinajstić information content (AvgIpc) is 2.94. The summed E-state index contributed by atoms with van der Waals surface area (Å²) in [5.41, 5.74) is 1.02. The van der Waals surface area contributed by atoms with Crippen molar-refractivity contribution >= 4 is 17.8 Å². The maximum Gasteiger partial charge on any atom is 0.325 e. The second kappa shape index (κ2) is 8.37. The van der Waals surface area contributed by atoms with E-state index in [0.29, 0.717) is 13.0 Å². The summed E-state index contributed by atoms with van der Waals surface area (Å²) in [6.45, 7) is 2.14. The number of nitrogens with zero attached hydrogens (tertiary/aromatic N) is 1. The largest absolute Gasteiger partial charge is 0.354 e. The van der Waals surface area contributed by atoms with Gasteiger partial charge >= 0.3 is 6.03 Å². The molecule has 0 spiro atoms. The van der Waals surface area contributed by atoms with E-state index in [1.54, 1.807) is 0 Å². The molecule has 1 aromatic rings. The second-order valence-corrected chi connectivity index (χ2v) is 7.15. The first-order valence-electron chi connectivity index (χ1n) is 9.71. The molecule has 1 atom stereocenters. The summed E-state index contributed by atoms with van der Waals surface area (Å²) in [6, 6.07) is 8.66. The van der Waals surface area contributed by atoms with Gasteiger partial charge in [0.1, 0.15) is 12.1 Å². The summed E-state index contributed by atoms with van der Waals surface area (Å²) >= 11 is 0. The molecule has 144 valence electrons. The van der Waals surface area contributed by atoms with Gasteiger partial charge in [0.05, 0.1) is 0 Å². The lowest BCUT2D eigenvalue weighted by atomic mass is 9.87. The zero-order valence-electron chi connectivity index (χ0n) is 15.8. The standard InChI is InChI=1S/C21H27N3O3/c1-2-21(17-11-7-4-8-12-17)19(26)24(20(27)23-21)15-18(25)22-14-13-16-9-5-3-6-10-16/h4,7-9,11-12H,2-3,5-6,10,13-15H2,1H3,(H,22,25)(H,23,27). The zero-order chi connectivity index (χ0) is 19.3. The van der Waals surface area contributed by atoms with Crippen LogP contribution in [0.4, 0.5) is 4.79 Å². The maximum absolute atomic E-state index is 13.0. The van der Waals surface area contributed by atoms with E-state index in [9.17, 15) is 14.4 Å². The fourth-order valence-electron chi connectivity index (χ4n) is 3.83. The van der Waals surface area contributed by atoms with Crippen LogP contribution in [0.2, 0.25) is 0 Å². The topological polar surface area (TPSA) is 78.5 Å². The quantitative estimate of drug-likeness (QED) is 0.573. The molecule has 1 heterocycles. The van der Waals surface area contributed by atoms with E-state index in [1.807, 2.05) is 37.3 Å². The molecule has 1 saturated heterocycles. The molecule has 1 aromatic carbocycles. The predicted molar refractivity (Wildman–Crippen MR) is 103 cm³/mol. The van der Waals surface area contributed by atoms with Gasteiger partial charge < -0.3 is 10.6 Å². The number of amides is 4. The highest BCUT2D eigenvalue weighted by molar-refractivity contribution is 6.09. The SMILES string of the molecule is CCC1(c2ccccc2)NC(=O)N(CC(=O)NCCC2=CCCCC2)C1=O. The highest BCUT2D eigenvalue weighted by Gasteiger charge is 2.51. The second-order valence-electron chi connectivity index (χ2n) is 7.15. The van der Waals surface area contributed by atoms with Crippen LogP contribution >= 0.6 is 0 Å². The number of hydrogen-bond acceptors (Lipinski definition) is 3. The fraction of sp³-hybridized carbons (Fsp3) is 0.476. The normalized spacial score (nSPS) is 22.4. The van der Waals surface area contributed by atoms with Crippen LogP contribution in [-0.4, -0.2) is 35.8 Å². The van der Waals surface area contributed by atoms with Gasteiger partial charge in [-0.05, 0) is 44.1 Å². The first-order valence-corrected chi connectivity index (χ1v) is 9.71. The Hall–Kier alpha value is -2.63. The lowest BCUT2D eigenvalue weighted by Crippen LogP contribution is -2.44. The zero-order valence-corrected chi connectivity index (χ0v) is 15.8. The molecule has 4 amide bonds. The molecule has 0 aromatic heterocycles. The minimum absolute atomic E-state index is 0.252. The van der Waals surface area contributed by atoms with E-state index in [-0.39, 0.29) is 18.4 Å². The summed E-state index contributed by atoms with van der Waals surface area (Å²) in [7, 11) is 0. The van der Waals surface area contributed by atoms with Crippen molar-refractivity contribution in [3.8, 4) is 0 Å². The van der Waals surface area contributed by atoms with Crippen molar-refractivity contribution in [1.82, 2.24) is 15.5 Å². The van der Waals surface area contributed by atoms with E-state index in [0.717, 1.165) is 29.7 Å². The maximum atomic E-state index is 13.0. The molecule has 1 aliphatic carbocycles. The van der Waals surface area contributed by atoms with Crippen LogP contribution in [0.5, 0.6) is 0 Å². The average molecular weight is 369 g/mol. The summed E-state index contributed by atoms with van der Waals surface area (Å²) in [5.74, 6) is -0.679. The van der Waals surface area contributed by atoms with Crippen molar-refractivity contribution in [2.24, 2.45) is 0 Å². The van der Waals surface area contributed by atoms with Gasteiger partial charge in [0, 0.05) is 6.54 Å². The predicted octanol–water partition coefficient (Wildman–Crippen LogP) is 2.85. The van der Waals surface area contributed by atoms with E-state index in [1.165, 1.54) is 18.4 Å². The first-order chi connectivity index (χ1) is 13.1. The van der Waals surface area contributed by atoms with Gasteiger partial charge in [0.15, 0.2) is 0 Å². The molecular weight excluding hydrogens is 342 g/mol. The molecule has 2 aliphatic rings. The van der Waals surface area contributed by atoms with Crippen molar-refractivity contribution < 1.29 is 14.4 Å². The van der Waals surface area contributed by atoms with Gasteiger partial charge in [-0.15, -0.1) is 0 Å². The van der Waals surface area contributed by atoms with Crippen molar-refractivity contribution in [3.05, 3.63) is 47.5 Å². The highest BCUT2D eigenvalue weighted by Crippen LogP contribution is 2.32. The molecular formula is C21H27N3O3. The number of benzene rings is 1. The lowest BCUT2D eigenvalue weighted by molar-refractivity contribution is -0.135. The van der Waals surface area contributed by atoms with E-state index in [4.69, 9.17) is 0 Å². The van der Waals surface area contributed by atoms with E-state index >= 15 is 0 Å². The molecule has 0 saturated carbocycles. The minimum atomic E-state index is -1.09. The van der Waals surface area contributed by atoms with Gasteiger partial charge in [0.2, 0.25) is 5.91 Å². The Balaban J connectivity index is 1.60. The van der Waals surface area contributed by atoms with Gasteiger partial charge in [-0.1, -0.05) is 48.9 Å². The third kappa shape index (κ3) is 4.04. The van der Waals surface area contributed by atoms with Crippen LogP contribution in [0.3, 0.4) is 0 Å². The van der Waals surface area contributed by atoms with Gasteiger partial charge in [-0.25, -0.2) is 4.79 Å². The van der Waals surface area contributed by atoms with Gasteiger partial charge in [0.25, 0.3) is 5.91 Å². The van der Waals surface area contributed by atoms with E-state index in [2.05, 4.69) is 16.7 Å². The lowest BCUT2D eigenvalue weighted by Gasteiger charge is -2.25. The van der Waals surface area contributed by atoms with Crippen molar-refractivity contribution in [1.29, 1.82) is 0 Å². The molecule has 0 radical (unpaired) electrons. The number of carbonyl (C=O) groups excluding carboxylic acids is 3. The Morgan fingerprint density at radius 3 is 2.67 bits per heavy atom. The minimum Gasteiger partial charge on any atom is -0.354 e. The molecule has 2 N–H and O–H groups in total. The van der Waals surface area contributed by atoms with Crippen LogP contribution in [-0.2, 0) is 15.1 Å². The van der Waals surface area contributed by atoms with Crippen LogP contribution in [0.15, 0.2) is 42.0 Å². The van der Waals surface area contributed by atoms with E-state index < -0.39 is 11.6 Å². The number of nitrogens with one attached hydrogen (secondary N) is 2. The molecule has 0 bridgehead atoms. The molecule has 27 heavy (non-hydrogen) atoms. The Morgan fingerprint density at radius 2 is 2.00 bits per heavy atom. The molecule has 3 rings (SSSR count).